The van der Waals surface area contributed by atoms with E-state index in [1.807, 2.05) is 0 Å². The number of carbonyl (C=O) groups is 2. The van der Waals surface area contributed by atoms with E-state index in [9.17, 15) is 22.6 Å². The van der Waals surface area contributed by atoms with Gasteiger partial charge in [-0.15, -0.1) is 0 Å². The summed E-state index contributed by atoms with van der Waals surface area (Å²) in [4.78, 5) is 30.9. The van der Waals surface area contributed by atoms with E-state index in [-0.39, 0.29) is 36.1 Å². The Bertz CT molecular complexity index is 830. The number of carbonyl (C=O) groups excluding carboxylic acids is 2. The molecule has 0 radical (unpaired) electrons. The van der Waals surface area contributed by atoms with Crippen molar-refractivity contribution in [2.45, 2.75) is 19.0 Å². The molecular weight excluding hydrogens is 377 g/mol. The number of hydroxylamine groups is 3. The van der Waals surface area contributed by atoms with Gasteiger partial charge in [0.15, 0.2) is 5.75 Å². The Kier molecular flexibility index (Phi) is 6.32. The van der Waals surface area contributed by atoms with Crippen molar-refractivity contribution in [1.82, 2.24) is 15.4 Å². The molecule has 3 amide bonds. The fourth-order valence-corrected chi connectivity index (χ4v) is 3.16. The third kappa shape index (κ3) is 4.37. The van der Waals surface area contributed by atoms with Gasteiger partial charge in [0.05, 0.1) is 12.6 Å². The van der Waals surface area contributed by atoms with Crippen LogP contribution in [0.5, 0.6) is 5.75 Å². The maximum Gasteiger partial charge on any atom is 1.00 e. The molecule has 12 heteroatoms. The summed E-state index contributed by atoms with van der Waals surface area (Å²) in [5, 5.41) is 0.456. The number of fused-ring (bicyclic) bond motifs is 2. The van der Waals surface area contributed by atoms with Crippen molar-refractivity contribution in [3.05, 3.63) is 42.0 Å². The summed E-state index contributed by atoms with van der Waals surface area (Å²) in [7, 11) is -5.11. The normalized spacial score (nSPS) is 21.8. The van der Waals surface area contributed by atoms with Crippen LogP contribution in [-0.4, -0.2) is 53.5 Å². The number of nitrogens with one attached hydrogen (secondary N) is 1. The zero-order valence-electron chi connectivity index (χ0n) is 14.0. The van der Waals surface area contributed by atoms with Gasteiger partial charge < -0.3 is 14.3 Å². The van der Waals surface area contributed by atoms with E-state index in [2.05, 4.69) is 9.76 Å². The van der Waals surface area contributed by atoms with E-state index >= 15 is 0 Å². The Morgan fingerprint density at radius 2 is 1.96 bits per heavy atom. The number of amides is 3. The van der Waals surface area contributed by atoms with Gasteiger partial charge in [0.2, 0.25) is 10.4 Å². The largest absolute Gasteiger partial charge is 1.00 e. The molecule has 0 spiro atoms. The van der Waals surface area contributed by atoms with Crippen molar-refractivity contribution in [1.29, 1.82) is 0 Å². The smallest absolute Gasteiger partial charge is 0.724 e. The zero-order valence-corrected chi connectivity index (χ0v) is 16.8. The summed E-state index contributed by atoms with van der Waals surface area (Å²) in [6, 6.07) is 5.83. The molecular formula is C14H14N3NaO7S. The summed E-state index contributed by atoms with van der Waals surface area (Å²) < 4.78 is 36.5. The molecule has 2 aliphatic rings. The first-order chi connectivity index (χ1) is 11.8. The van der Waals surface area contributed by atoms with Gasteiger partial charge in [0, 0.05) is 0 Å². The molecule has 1 aromatic carbocycles. The maximum atomic E-state index is 12.4. The summed E-state index contributed by atoms with van der Waals surface area (Å²) in [6.07, 6.45) is 1.50. The van der Waals surface area contributed by atoms with E-state index in [4.69, 9.17) is 4.84 Å². The predicted octanol–water partition coefficient (Wildman–Crippen LogP) is -3.07. The van der Waals surface area contributed by atoms with Crippen LogP contribution in [0.1, 0.15) is 6.92 Å². The average molecular weight is 391 g/mol. The minimum Gasteiger partial charge on any atom is -0.724 e. The van der Waals surface area contributed by atoms with Crippen LogP contribution in [-0.2, 0) is 19.5 Å². The second-order valence-corrected chi connectivity index (χ2v) is 6.47. The molecule has 2 heterocycles. The van der Waals surface area contributed by atoms with Crippen LogP contribution >= 0.6 is 0 Å². The predicted molar refractivity (Wildman–Crippen MR) is 81.3 cm³/mol. The maximum absolute atomic E-state index is 12.4. The summed E-state index contributed by atoms with van der Waals surface area (Å²) in [5.74, 6) is -0.211. The zero-order chi connectivity index (χ0) is 18.2. The van der Waals surface area contributed by atoms with Gasteiger partial charge in [0.1, 0.15) is 6.04 Å². The topological polar surface area (TPSA) is 128 Å². The number of rotatable bonds is 5. The molecule has 0 saturated carbocycles. The van der Waals surface area contributed by atoms with Crippen LogP contribution in [0.25, 0.3) is 0 Å². The van der Waals surface area contributed by atoms with Gasteiger partial charge in [-0.2, -0.15) is 14.8 Å². The molecule has 0 aromatic heterocycles. The molecule has 1 fully saturated rings. The molecule has 3 rings (SSSR count). The minimum atomic E-state index is -5.11. The first-order valence-electron chi connectivity index (χ1n) is 7.21. The van der Waals surface area contributed by atoms with Crippen molar-refractivity contribution >= 4 is 22.3 Å². The Morgan fingerprint density at radius 1 is 1.31 bits per heavy atom. The van der Waals surface area contributed by atoms with Crippen LogP contribution < -0.4 is 39.9 Å². The molecule has 1 N–H and O–H groups in total. The van der Waals surface area contributed by atoms with Crippen molar-refractivity contribution < 1.29 is 61.2 Å². The Labute approximate surface area is 171 Å². The van der Waals surface area contributed by atoms with Gasteiger partial charge in [-0.05, 0) is 24.6 Å². The fourth-order valence-electron chi connectivity index (χ4n) is 2.79. The van der Waals surface area contributed by atoms with Crippen molar-refractivity contribution in [2.75, 3.05) is 6.54 Å². The van der Waals surface area contributed by atoms with Gasteiger partial charge in [-0.3, -0.25) is 4.79 Å². The van der Waals surface area contributed by atoms with E-state index in [0.29, 0.717) is 16.4 Å². The van der Waals surface area contributed by atoms with E-state index < -0.39 is 34.4 Å². The third-order valence-electron chi connectivity index (χ3n) is 3.75. The van der Waals surface area contributed by atoms with E-state index in [0.717, 1.165) is 4.90 Å². The van der Waals surface area contributed by atoms with Crippen LogP contribution in [0.2, 0.25) is 0 Å². The number of nitrogens with zero attached hydrogens (tertiary/aromatic N) is 2. The standard InChI is InChI=1S/C14H15N3O7S.Na/c1-9-7-10-8-16(14(19)17(10)24-25(20,21)22)12(9)13(18)15-23-11-5-3-2-4-6-11;/h2-7,10,12H,8H2,1H3,(H,15,18)(H,20,21,22);/q;+1/p-1/t10-,12+;/m1./s1. The van der Waals surface area contributed by atoms with E-state index in [1.165, 1.54) is 6.08 Å². The van der Waals surface area contributed by atoms with Crippen molar-refractivity contribution in [3.63, 3.8) is 0 Å². The molecule has 1 saturated heterocycles. The number of para-hydroxylation sites is 1. The molecule has 0 aliphatic carbocycles. The first kappa shape index (κ1) is 20.7. The molecule has 2 bridgehead atoms. The quantitative estimate of drug-likeness (QED) is 0.185. The Morgan fingerprint density at radius 3 is 2.58 bits per heavy atom. The molecule has 1 aromatic rings. The molecule has 2 aliphatic heterocycles. The van der Waals surface area contributed by atoms with Gasteiger partial charge >= 0.3 is 35.6 Å². The van der Waals surface area contributed by atoms with E-state index in [1.54, 1.807) is 37.3 Å². The van der Waals surface area contributed by atoms with Crippen molar-refractivity contribution in [2.24, 2.45) is 0 Å². The molecule has 134 valence electrons. The van der Waals surface area contributed by atoms with Crippen LogP contribution in [0.3, 0.4) is 0 Å². The average Bonchev–Trinajstić information content (AvgIpc) is 2.78. The molecule has 10 nitrogen and oxygen atoms in total. The number of benzene rings is 1. The Balaban J connectivity index is 0.00000243. The van der Waals surface area contributed by atoms with Crippen LogP contribution in [0.15, 0.2) is 42.0 Å². The number of urea groups is 1. The SMILES string of the molecule is CC1=C[C@@H]2CN(C(=O)N2OS(=O)(=O)[O-])[C@@H]1C(=O)NOc1ccccc1.[Na+]. The molecule has 26 heavy (non-hydrogen) atoms. The third-order valence-corrected chi connectivity index (χ3v) is 4.09. The second-order valence-electron chi connectivity index (χ2n) is 5.51. The Hall–Kier alpha value is -1.63. The minimum absolute atomic E-state index is 0. The molecule has 2 atom stereocenters. The fraction of sp³-hybridized carbons (Fsp3) is 0.286. The summed E-state index contributed by atoms with van der Waals surface area (Å²) >= 11 is 0. The monoisotopic (exact) mass is 391 g/mol. The first-order valence-corrected chi connectivity index (χ1v) is 8.55. The number of hydrogen-bond donors (Lipinski definition) is 1. The van der Waals surface area contributed by atoms with Gasteiger partial charge in [-0.25, -0.2) is 13.2 Å². The van der Waals surface area contributed by atoms with Crippen LogP contribution in [0, 0.1) is 0 Å². The van der Waals surface area contributed by atoms with Gasteiger partial charge in [0.25, 0.3) is 5.91 Å². The van der Waals surface area contributed by atoms with Crippen LogP contribution in [0.4, 0.5) is 4.79 Å². The summed E-state index contributed by atoms with van der Waals surface area (Å²) in [5.41, 5.74) is 2.75. The molecule has 0 unspecified atom stereocenters. The van der Waals surface area contributed by atoms with Crippen molar-refractivity contribution in [3.8, 4) is 5.75 Å². The second kappa shape index (κ2) is 7.94. The van der Waals surface area contributed by atoms with Gasteiger partial charge in [-0.1, -0.05) is 24.3 Å². The summed E-state index contributed by atoms with van der Waals surface area (Å²) in [6.45, 7) is 1.61. The number of hydrogen-bond acceptors (Lipinski definition) is 7.